The summed E-state index contributed by atoms with van der Waals surface area (Å²) in [6.07, 6.45) is 3.15. The highest BCUT2D eigenvalue weighted by Gasteiger charge is 2.38. The lowest BCUT2D eigenvalue weighted by Crippen LogP contribution is -2.50. The third-order valence-electron chi connectivity index (χ3n) is 3.97. The van der Waals surface area contributed by atoms with Gasteiger partial charge in [0.15, 0.2) is 0 Å². The van der Waals surface area contributed by atoms with Crippen molar-refractivity contribution in [3.8, 4) is 0 Å². The highest BCUT2D eigenvalue weighted by molar-refractivity contribution is 5.77. The van der Waals surface area contributed by atoms with E-state index < -0.39 is 17.9 Å². The van der Waals surface area contributed by atoms with Crippen LogP contribution in [0.2, 0.25) is 0 Å². The van der Waals surface area contributed by atoms with Gasteiger partial charge in [-0.3, -0.25) is 4.79 Å². The number of aliphatic carboxylic acids is 1. The first-order valence-electron chi connectivity index (χ1n) is 7.66. The second kappa shape index (κ2) is 8.22. The topological polar surface area (TPSA) is 78.9 Å². The van der Waals surface area contributed by atoms with Crippen LogP contribution in [0.25, 0.3) is 0 Å². The molecule has 0 radical (unpaired) electrons. The molecule has 1 saturated heterocycles. The van der Waals surface area contributed by atoms with E-state index in [1.807, 2.05) is 6.92 Å². The number of carboxylic acid groups (broad SMARTS) is 1. The maximum Gasteiger partial charge on any atom is 0.317 e. The van der Waals surface area contributed by atoms with E-state index in [0.717, 1.165) is 19.3 Å². The van der Waals surface area contributed by atoms with Crippen molar-refractivity contribution in [2.24, 2.45) is 11.8 Å². The van der Waals surface area contributed by atoms with Gasteiger partial charge in [0.05, 0.1) is 19.3 Å². The van der Waals surface area contributed by atoms with Crippen LogP contribution in [0, 0.1) is 11.8 Å². The molecular formula is C15H28N2O4. The molecule has 0 aromatic heterocycles. The number of nitrogens with zero attached hydrogens (tertiary/aromatic N) is 1. The summed E-state index contributed by atoms with van der Waals surface area (Å²) in [6.45, 7) is 6.79. The Bertz CT molecular complexity index is 360. The number of urea groups is 1. The zero-order chi connectivity index (χ0) is 16.0. The van der Waals surface area contributed by atoms with E-state index in [-0.39, 0.29) is 25.3 Å². The Labute approximate surface area is 126 Å². The number of ether oxygens (including phenoxy) is 1. The van der Waals surface area contributed by atoms with Crippen LogP contribution in [-0.2, 0) is 9.53 Å². The predicted molar refractivity (Wildman–Crippen MR) is 80.2 cm³/mol. The van der Waals surface area contributed by atoms with Crippen LogP contribution < -0.4 is 5.32 Å². The number of carboxylic acids is 1. The summed E-state index contributed by atoms with van der Waals surface area (Å²) in [5.41, 5.74) is 0. The van der Waals surface area contributed by atoms with Crippen molar-refractivity contribution in [3.63, 3.8) is 0 Å². The lowest BCUT2D eigenvalue weighted by atomic mass is 10.0. The number of amides is 2. The van der Waals surface area contributed by atoms with Crippen molar-refractivity contribution < 1.29 is 19.4 Å². The molecule has 1 aliphatic heterocycles. The molecule has 1 heterocycles. The fourth-order valence-corrected chi connectivity index (χ4v) is 2.53. The number of carbonyl (C=O) groups is 2. The summed E-state index contributed by atoms with van der Waals surface area (Å²) in [7, 11) is 1.63. The third kappa shape index (κ3) is 5.53. The molecule has 21 heavy (non-hydrogen) atoms. The van der Waals surface area contributed by atoms with E-state index in [2.05, 4.69) is 19.2 Å². The number of carbonyl (C=O) groups excluding carboxylic acids is 1. The van der Waals surface area contributed by atoms with Gasteiger partial charge in [-0.2, -0.15) is 0 Å². The van der Waals surface area contributed by atoms with Crippen molar-refractivity contribution in [1.82, 2.24) is 10.2 Å². The molecule has 1 fully saturated rings. The molecule has 2 amide bonds. The fraction of sp³-hybridized carbons (Fsp3) is 0.867. The van der Waals surface area contributed by atoms with E-state index in [9.17, 15) is 9.59 Å². The Morgan fingerprint density at radius 2 is 1.95 bits per heavy atom. The number of hydrogen-bond acceptors (Lipinski definition) is 3. The summed E-state index contributed by atoms with van der Waals surface area (Å²) in [4.78, 5) is 24.8. The maximum absolute atomic E-state index is 12.2. The van der Waals surface area contributed by atoms with Gasteiger partial charge in [-0.25, -0.2) is 4.79 Å². The molecule has 1 rings (SSSR count). The van der Waals surface area contributed by atoms with Crippen LogP contribution in [0.3, 0.4) is 0 Å². The molecule has 0 aromatic carbocycles. The van der Waals surface area contributed by atoms with E-state index >= 15 is 0 Å². The van der Waals surface area contributed by atoms with Crippen LogP contribution >= 0.6 is 0 Å². The molecule has 0 aliphatic carbocycles. The van der Waals surface area contributed by atoms with Gasteiger partial charge in [-0.1, -0.05) is 26.7 Å². The fourth-order valence-electron chi connectivity index (χ4n) is 2.53. The summed E-state index contributed by atoms with van der Waals surface area (Å²) < 4.78 is 5.20. The van der Waals surface area contributed by atoms with Gasteiger partial charge in [0.1, 0.15) is 5.92 Å². The van der Waals surface area contributed by atoms with E-state index in [1.165, 1.54) is 4.90 Å². The molecule has 0 aromatic rings. The highest BCUT2D eigenvalue weighted by Crippen LogP contribution is 2.19. The molecule has 3 atom stereocenters. The van der Waals surface area contributed by atoms with Gasteiger partial charge < -0.3 is 20.1 Å². The minimum atomic E-state index is -0.915. The Morgan fingerprint density at radius 3 is 2.52 bits per heavy atom. The molecular weight excluding hydrogens is 272 g/mol. The molecule has 122 valence electrons. The lowest BCUT2D eigenvalue weighted by molar-refractivity contribution is -0.142. The van der Waals surface area contributed by atoms with Gasteiger partial charge in [0, 0.05) is 13.1 Å². The molecule has 1 aliphatic rings. The molecule has 0 saturated carbocycles. The van der Waals surface area contributed by atoms with Gasteiger partial charge in [0.25, 0.3) is 0 Å². The van der Waals surface area contributed by atoms with Crippen molar-refractivity contribution in [2.75, 3.05) is 20.3 Å². The second-order valence-electron chi connectivity index (χ2n) is 6.34. The SMILES string of the molecule is CC(C)CCCC(C)NC(=O)N(C)C1COCC1C(=O)O. The summed E-state index contributed by atoms with van der Waals surface area (Å²) >= 11 is 0. The zero-order valence-corrected chi connectivity index (χ0v) is 13.5. The van der Waals surface area contributed by atoms with Crippen LogP contribution in [0.5, 0.6) is 0 Å². The molecule has 6 nitrogen and oxygen atoms in total. The van der Waals surface area contributed by atoms with Crippen molar-refractivity contribution in [1.29, 1.82) is 0 Å². The number of nitrogens with one attached hydrogen (secondary N) is 1. The quantitative estimate of drug-likeness (QED) is 0.753. The minimum absolute atomic E-state index is 0.0873. The van der Waals surface area contributed by atoms with Crippen LogP contribution in [0.15, 0.2) is 0 Å². The molecule has 0 bridgehead atoms. The highest BCUT2D eigenvalue weighted by atomic mass is 16.5. The van der Waals surface area contributed by atoms with Crippen molar-refractivity contribution in [2.45, 2.75) is 52.1 Å². The smallest absolute Gasteiger partial charge is 0.317 e. The van der Waals surface area contributed by atoms with Crippen LogP contribution in [0.4, 0.5) is 4.79 Å². The van der Waals surface area contributed by atoms with E-state index in [0.29, 0.717) is 5.92 Å². The average molecular weight is 300 g/mol. The third-order valence-corrected chi connectivity index (χ3v) is 3.97. The Hall–Kier alpha value is -1.30. The summed E-state index contributed by atoms with van der Waals surface area (Å²) in [5.74, 6) is -0.887. The first-order chi connectivity index (χ1) is 9.82. The van der Waals surface area contributed by atoms with Gasteiger partial charge in [0.2, 0.25) is 0 Å². The van der Waals surface area contributed by atoms with E-state index in [4.69, 9.17) is 9.84 Å². The monoisotopic (exact) mass is 300 g/mol. The normalized spacial score (nSPS) is 23.1. The van der Waals surface area contributed by atoms with E-state index in [1.54, 1.807) is 7.05 Å². The van der Waals surface area contributed by atoms with Crippen molar-refractivity contribution in [3.05, 3.63) is 0 Å². The summed E-state index contributed by atoms with van der Waals surface area (Å²) in [6, 6.07) is -0.538. The first-order valence-corrected chi connectivity index (χ1v) is 7.66. The Morgan fingerprint density at radius 1 is 1.29 bits per heavy atom. The van der Waals surface area contributed by atoms with Gasteiger partial charge in [-0.05, 0) is 19.3 Å². The second-order valence-corrected chi connectivity index (χ2v) is 6.34. The molecule has 2 N–H and O–H groups in total. The minimum Gasteiger partial charge on any atom is -0.481 e. The Balaban J connectivity index is 2.41. The van der Waals surface area contributed by atoms with Crippen LogP contribution in [-0.4, -0.2) is 54.4 Å². The predicted octanol–water partition coefficient (Wildman–Crippen LogP) is 1.94. The number of likely N-dealkylation sites (N-methyl/N-ethyl adjacent to an activating group) is 1. The van der Waals surface area contributed by atoms with Gasteiger partial charge >= 0.3 is 12.0 Å². The number of rotatable bonds is 7. The molecule has 3 unspecified atom stereocenters. The lowest BCUT2D eigenvalue weighted by Gasteiger charge is -2.28. The molecule has 0 spiro atoms. The van der Waals surface area contributed by atoms with Crippen LogP contribution in [0.1, 0.15) is 40.0 Å². The first kappa shape index (κ1) is 17.8. The van der Waals surface area contributed by atoms with Gasteiger partial charge in [-0.15, -0.1) is 0 Å². The number of hydrogen-bond donors (Lipinski definition) is 2. The maximum atomic E-state index is 12.2. The zero-order valence-electron chi connectivity index (χ0n) is 13.5. The largest absolute Gasteiger partial charge is 0.481 e. The Kier molecular flexibility index (Phi) is 6.95. The standard InChI is InChI=1S/C15H28N2O4/c1-10(2)6-5-7-11(3)16-15(20)17(4)13-9-21-8-12(13)14(18)19/h10-13H,5-9H2,1-4H3,(H,16,20)(H,18,19). The summed E-state index contributed by atoms with van der Waals surface area (Å²) in [5, 5.41) is 12.1. The van der Waals surface area contributed by atoms with Crippen molar-refractivity contribution >= 4 is 12.0 Å². The average Bonchev–Trinajstić information content (AvgIpc) is 2.86. The molecule has 6 heteroatoms.